The first kappa shape index (κ1) is 15.4. The van der Waals surface area contributed by atoms with E-state index in [0.717, 1.165) is 18.5 Å². The molecule has 0 atom stereocenters. The summed E-state index contributed by atoms with van der Waals surface area (Å²) in [5, 5.41) is 10.9. The first-order chi connectivity index (χ1) is 9.08. The quantitative estimate of drug-likeness (QED) is 0.320. The van der Waals surface area contributed by atoms with Crippen molar-refractivity contribution >= 4 is 11.4 Å². The highest BCUT2D eigenvalue weighted by molar-refractivity contribution is 5.61. The van der Waals surface area contributed by atoms with Gasteiger partial charge in [0.1, 0.15) is 5.69 Å². The smallest absolute Gasteiger partial charge is 0.293 e. The molecule has 0 amide bonds. The maximum absolute atomic E-state index is 10.9. The van der Waals surface area contributed by atoms with Gasteiger partial charge in [0.25, 0.3) is 5.69 Å². The van der Waals surface area contributed by atoms with E-state index in [9.17, 15) is 10.1 Å². The van der Waals surface area contributed by atoms with Crippen LogP contribution >= 0.6 is 0 Å². The summed E-state index contributed by atoms with van der Waals surface area (Å²) in [6, 6.07) is 4.99. The third-order valence-corrected chi connectivity index (χ3v) is 2.76. The minimum atomic E-state index is -0.441. The lowest BCUT2D eigenvalue weighted by atomic mass is 10.1. The molecule has 0 aliphatic rings. The summed E-state index contributed by atoms with van der Waals surface area (Å²) in [5.74, 6) is 5.24. The van der Waals surface area contributed by atoms with Gasteiger partial charge in [-0.25, -0.2) is 0 Å². The van der Waals surface area contributed by atoms with Crippen LogP contribution in [0.1, 0.15) is 12.0 Å². The highest BCUT2D eigenvalue weighted by atomic mass is 16.6. The van der Waals surface area contributed by atoms with Crippen molar-refractivity contribution in [3.8, 4) is 0 Å². The van der Waals surface area contributed by atoms with Gasteiger partial charge in [-0.05, 0) is 25.1 Å². The van der Waals surface area contributed by atoms with E-state index in [1.165, 1.54) is 0 Å². The molecular weight excluding hydrogens is 248 g/mol. The van der Waals surface area contributed by atoms with Crippen molar-refractivity contribution in [2.24, 2.45) is 5.84 Å². The number of nitrogens with zero attached hydrogens (tertiary/aromatic N) is 2. The van der Waals surface area contributed by atoms with Gasteiger partial charge in [0.15, 0.2) is 0 Å². The van der Waals surface area contributed by atoms with Crippen molar-refractivity contribution in [1.82, 2.24) is 4.90 Å². The Morgan fingerprint density at radius 3 is 2.84 bits per heavy atom. The maximum Gasteiger partial charge on any atom is 0.293 e. The third-order valence-electron chi connectivity index (χ3n) is 2.76. The van der Waals surface area contributed by atoms with Crippen molar-refractivity contribution in [2.45, 2.75) is 13.0 Å². The van der Waals surface area contributed by atoms with Gasteiger partial charge in [-0.15, -0.1) is 0 Å². The highest BCUT2D eigenvalue weighted by Gasteiger charge is 2.14. The van der Waals surface area contributed by atoms with Crippen LogP contribution in [0.25, 0.3) is 0 Å². The second-order valence-electron chi connectivity index (χ2n) is 4.34. The number of nitrogen functional groups attached to an aromatic ring is 1. The zero-order chi connectivity index (χ0) is 14.3. The van der Waals surface area contributed by atoms with Crippen LogP contribution < -0.4 is 11.3 Å². The Labute approximate surface area is 112 Å². The van der Waals surface area contributed by atoms with Crippen LogP contribution in [0.15, 0.2) is 18.2 Å². The molecule has 0 aliphatic heterocycles. The number of nitrogens with one attached hydrogen (secondary N) is 1. The van der Waals surface area contributed by atoms with E-state index in [1.54, 1.807) is 19.2 Å². The van der Waals surface area contributed by atoms with E-state index in [4.69, 9.17) is 10.6 Å². The van der Waals surface area contributed by atoms with Crippen LogP contribution in [0, 0.1) is 10.1 Å². The number of methoxy groups -OCH3 is 1. The first-order valence-corrected chi connectivity index (χ1v) is 6.00. The van der Waals surface area contributed by atoms with Gasteiger partial charge in [-0.2, -0.15) is 0 Å². The van der Waals surface area contributed by atoms with Crippen molar-refractivity contribution in [1.29, 1.82) is 0 Å². The van der Waals surface area contributed by atoms with E-state index in [0.29, 0.717) is 18.8 Å². The third kappa shape index (κ3) is 4.82. The Kier molecular flexibility index (Phi) is 6.20. The number of nitrogens with two attached hydrogens (primary N) is 1. The molecule has 0 unspecified atom stereocenters. The Bertz CT molecular complexity index is 425. The molecule has 19 heavy (non-hydrogen) atoms. The zero-order valence-corrected chi connectivity index (χ0v) is 11.3. The molecular formula is C12H20N4O3. The van der Waals surface area contributed by atoms with Crippen LogP contribution in [-0.4, -0.2) is 37.1 Å². The maximum atomic E-state index is 10.9. The zero-order valence-electron chi connectivity index (χ0n) is 11.3. The van der Waals surface area contributed by atoms with Gasteiger partial charge in [0.2, 0.25) is 0 Å². The van der Waals surface area contributed by atoms with Crippen molar-refractivity contribution in [2.75, 3.05) is 32.7 Å². The lowest BCUT2D eigenvalue weighted by Crippen LogP contribution is -2.20. The standard InChI is InChI=1S/C12H20N4O3/c1-15(6-3-7-19-2)9-10-4-5-11(14-13)12(8-10)16(17)18/h4-5,8,14H,3,6-7,9,13H2,1-2H3. The van der Waals surface area contributed by atoms with Crippen molar-refractivity contribution in [3.63, 3.8) is 0 Å². The molecule has 0 aliphatic carbocycles. The Morgan fingerprint density at radius 1 is 1.53 bits per heavy atom. The molecule has 7 heteroatoms. The fourth-order valence-electron chi connectivity index (χ4n) is 1.82. The number of hydrogen-bond donors (Lipinski definition) is 2. The van der Waals surface area contributed by atoms with Gasteiger partial charge in [0, 0.05) is 32.9 Å². The van der Waals surface area contributed by atoms with E-state index in [1.807, 2.05) is 13.1 Å². The summed E-state index contributed by atoms with van der Waals surface area (Å²) in [6.07, 6.45) is 0.928. The monoisotopic (exact) mass is 268 g/mol. The fraction of sp³-hybridized carbons (Fsp3) is 0.500. The van der Waals surface area contributed by atoms with E-state index in [2.05, 4.69) is 10.3 Å². The number of anilines is 1. The average Bonchev–Trinajstić information content (AvgIpc) is 2.39. The van der Waals surface area contributed by atoms with Crippen LogP contribution in [0.4, 0.5) is 11.4 Å². The molecule has 0 fully saturated rings. The number of hydrogen-bond acceptors (Lipinski definition) is 6. The summed E-state index contributed by atoms with van der Waals surface area (Å²) < 4.78 is 4.99. The summed E-state index contributed by atoms with van der Waals surface area (Å²) in [7, 11) is 3.64. The summed E-state index contributed by atoms with van der Waals surface area (Å²) >= 11 is 0. The number of benzene rings is 1. The predicted molar refractivity (Wildman–Crippen MR) is 73.7 cm³/mol. The van der Waals surface area contributed by atoms with Crippen LogP contribution in [0.5, 0.6) is 0 Å². The summed E-state index contributed by atoms with van der Waals surface area (Å²) in [4.78, 5) is 12.6. The lowest BCUT2D eigenvalue weighted by Gasteiger charge is -2.16. The molecule has 1 rings (SSSR count). The average molecular weight is 268 g/mol. The fourth-order valence-corrected chi connectivity index (χ4v) is 1.82. The highest BCUT2D eigenvalue weighted by Crippen LogP contribution is 2.25. The van der Waals surface area contributed by atoms with Gasteiger partial charge in [-0.1, -0.05) is 6.07 Å². The number of ether oxygens (including phenoxy) is 1. The predicted octanol–water partition coefficient (Wildman–Crippen LogP) is 1.35. The SMILES string of the molecule is COCCCN(C)Cc1ccc(NN)c([N+](=O)[O-])c1. The van der Waals surface area contributed by atoms with Crippen LogP contribution in [0.2, 0.25) is 0 Å². The van der Waals surface area contributed by atoms with Crippen molar-refractivity contribution < 1.29 is 9.66 Å². The number of rotatable bonds is 8. The molecule has 0 saturated carbocycles. The molecule has 0 spiro atoms. The molecule has 0 aromatic heterocycles. The first-order valence-electron chi connectivity index (χ1n) is 6.00. The minimum absolute atomic E-state index is 0.00899. The Morgan fingerprint density at radius 2 is 2.26 bits per heavy atom. The molecule has 0 saturated heterocycles. The Balaban J connectivity index is 2.68. The normalized spacial score (nSPS) is 10.7. The van der Waals surface area contributed by atoms with E-state index < -0.39 is 4.92 Å². The molecule has 3 N–H and O–H groups in total. The molecule has 0 bridgehead atoms. The number of nitro benzene ring substituents is 1. The molecule has 106 valence electrons. The van der Waals surface area contributed by atoms with E-state index in [-0.39, 0.29) is 5.69 Å². The van der Waals surface area contributed by atoms with Crippen LogP contribution in [-0.2, 0) is 11.3 Å². The molecule has 1 aromatic carbocycles. The summed E-state index contributed by atoms with van der Waals surface area (Å²) in [6.45, 7) is 2.23. The number of hydrazine groups is 1. The van der Waals surface area contributed by atoms with Crippen LogP contribution in [0.3, 0.4) is 0 Å². The largest absolute Gasteiger partial charge is 0.385 e. The molecule has 0 heterocycles. The molecule has 7 nitrogen and oxygen atoms in total. The Hall–Kier alpha value is -1.70. The lowest BCUT2D eigenvalue weighted by molar-refractivity contribution is -0.384. The van der Waals surface area contributed by atoms with Gasteiger partial charge >= 0.3 is 0 Å². The topological polar surface area (TPSA) is 93.7 Å². The molecule has 0 radical (unpaired) electrons. The number of nitro groups is 1. The molecule has 1 aromatic rings. The van der Waals surface area contributed by atoms with Gasteiger partial charge < -0.3 is 15.1 Å². The van der Waals surface area contributed by atoms with E-state index >= 15 is 0 Å². The summed E-state index contributed by atoms with van der Waals surface area (Å²) in [5.41, 5.74) is 3.51. The minimum Gasteiger partial charge on any atom is -0.385 e. The van der Waals surface area contributed by atoms with Gasteiger partial charge in [0.05, 0.1) is 4.92 Å². The van der Waals surface area contributed by atoms with Crippen molar-refractivity contribution in [3.05, 3.63) is 33.9 Å². The second kappa shape index (κ2) is 7.67. The van der Waals surface area contributed by atoms with Gasteiger partial charge in [-0.3, -0.25) is 16.0 Å². The second-order valence-corrected chi connectivity index (χ2v) is 4.34.